The zero-order valence-electron chi connectivity index (χ0n) is 12.8. The molecule has 20 heavy (non-hydrogen) atoms. The lowest BCUT2D eigenvalue weighted by atomic mass is 9.79. The normalized spacial score (nSPS) is 29.3. The molecule has 0 aromatic heterocycles. The van der Waals surface area contributed by atoms with Crippen LogP contribution in [0, 0.1) is 5.41 Å². The summed E-state index contributed by atoms with van der Waals surface area (Å²) < 4.78 is 0. The third kappa shape index (κ3) is 2.97. The third-order valence-electron chi connectivity index (χ3n) is 4.89. The van der Waals surface area contributed by atoms with Crippen LogP contribution in [-0.2, 0) is 9.59 Å². The van der Waals surface area contributed by atoms with Gasteiger partial charge in [0.1, 0.15) is 0 Å². The molecule has 114 valence electrons. The molecule has 0 saturated carbocycles. The van der Waals surface area contributed by atoms with Crippen molar-refractivity contribution in [2.45, 2.75) is 52.1 Å². The monoisotopic (exact) mass is 282 g/mol. The molecule has 0 spiro atoms. The number of carbonyl (C=O) groups excluding carboxylic acids is 2. The summed E-state index contributed by atoms with van der Waals surface area (Å²) in [5.41, 5.74) is -1.10. The average Bonchev–Trinajstić information content (AvgIpc) is 2.81. The fourth-order valence-electron chi connectivity index (χ4n) is 2.99. The summed E-state index contributed by atoms with van der Waals surface area (Å²) >= 11 is 0. The second-order valence-corrected chi connectivity index (χ2v) is 7.00. The first kappa shape index (κ1) is 15.3. The number of rotatable bonds is 4. The van der Waals surface area contributed by atoms with E-state index < -0.39 is 5.60 Å². The first-order chi connectivity index (χ1) is 9.23. The molecular weight excluding hydrogens is 256 g/mol. The minimum atomic E-state index is -0.826. The molecule has 2 heterocycles. The van der Waals surface area contributed by atoms with Gasteiger partial charge in [-0.1, -0.05) is 13.8 Å². The molecular formula is C15H26N2O3. The number of likely N-dealkylation sites (tertiary alicyclic amines) is 2. The van der Waals surface area contributed by atoms with E-state index in [2.05, 4.69) is 0 Å². The fourth-order valence-corrected chi connectivity index (χ4v) is 2.99. The summed E-state index contributed by atoms with van der Waals surface area (Å²) in [7, 11) is 0. The Hall–Kier alpha value is -1.10. The van der Waals surface area contributed by atoms with Crippen LogP contribution in [0.5, 0.6) is 0 Å². The van der Waals surface area contributed by atoms with Crippen molar-refractivity contribution in [3.8, 4) is 0 Å². The van der Waals surface area contributed by atoms with E-state index in [1.807, 2.05) is 18.7 Å². The Morgan fingerprint density at radius 2 is 2.00 bits per heavy atom. The van der Waals surface area contributed by atoms with Crippen LogP contribution in [0.4, 0.5) is 0 Å². The van der Waals surface area contributed by atoms with Crippen LogP contribution in [0.25, 0.3) is 0 Å². The standard InChI is InChI=1S/C15H26N2O3/c1-14(2)10-17(11-15(14,3)20)13(19)7-5-9-16-8-4-6-12(16)18/h20H,4-11H2,1-3H3/t15-/m0/s1. The highest BCUT2D eigenvalue weighted by molar-refractivity contribution is 5.78. The van der Waals surface area contributed by atoms with Gasteiger partial charge in [-0.05, 0) is 19.8 Å². The molecule has 1 N–H and O–H groups in total. The summed E-state index contributed by atoms with van der Waals surface area (Å²) in [5, 5.41) is 10.3. The number of hydrogen-bond acceptors (Lipinski definition) is 3. The maximum absolute atomic E-state index is 12.2. The van der Waals surface area contributed by atoms with Crippen molar-refractivity contribution in [1.82, 2.24) is 9.80 Å². The van der Waals surface area contributed by atoms with Gasteiger partial charge in [0.05, 0.1) is 5.60 Å². The zero-order valence-corrected chi connectivity index (χ0v) is 12.8. The molecule has 0 bridgehead atoms. The van der Waals surface area contributed by atoms with Gasteiger partial charge in [-0.3, -0.25) is 9.59 Å². The van der Waals surface area contributed by atoms with Crippen molar-refractivity contribution in [3.05, 3.63) is 0 Å². The van der Waals surface area contributed by atoms with Crippen LogP contribution in [-0.4, -0.2) is 58.5 Å². The predicted octanol–water partition coefficient (Wildman–Crippen LogP) is 1.01. The van der Waals surface area contributed by atoms with Crippen molar-refractivity contribution in [3.63, 3.8) is 0 Å². The van der Waals surface area contributed by atoms with Gasteiger partial charge in [0, 0.05) is 44.4 Å². The molecule has 2 fully saturated rings. The lowest BCUT2D eigenvalue weighted by molar-refractivity contribution is -0.132. The summed E-state index contributed by atoms with van der Waals surface area (Å²) in [6.07, 6.45) is 2.76. The Labute approximate surface area is 120 Å². The number of nitrogens with zero attached hydrogens (tertiary/aromatic N) is 2. The second-order valence-electron chi connectivity index (χ2n) is 7.00. The molecule has 1 atom stereocenters. The molecule has 0 unspecified atom stereocenters. The van der Waals surface area contributed by atoms with Gasteiger partial charge in [-0.25, -0.2) is 0 Å². The van der Waals surface area contributed by atoms with E-state index in [9.17, 15) is 14.7 Å². The summed E-state index contributed by atoms with van der Waals surface area (Å²) in [6, 6.07) is 0. The van der Waals surface area contributed by atoms with Crippen molar-refractivity contribution in [2.24, 2.45) is 5.41 Å². The van der Waals surface area contributed by atoms with E-state index in [1.54, 1.807) is 11.8 Å². The van der Waals surface area contributed by atoms with Gasteiger partial charge in [0.2, 0.25) is 11.8 Å². The molecule has 2 rings (SSSR count). The first-order valence-electron chi connectivity index (χ1n) is 7.51. The van der Waals surface area contributed by atoms with E-state index in [0.717, 1.165) is 13.0 Å². The van der Waals surface area contributed by atoms with Crippen LogP contribution >= 0.6 is 0 Å². The maximum atomic E-state index is 12.2. The quantitative estimate of drug-likeness (QED) is 0.837. The SMILES string of the molecule is CC1(C)CN(C(=O)CCCN2CCCC2=O)C[C@]1(C)O. The van der Waals surface area contributed by atoms with Crippen molar-refractivity contribution >= 4 is 11.8 Å². The van der Waals surface area contributed by atoms with E-state index in [1.165, 1.54) is 0 Å². The number of aliphatic hydroxyl groups is 1. The molecule has 2 aliphatic heterocycles. The van der Waals surface area contributed by atoms with Crippen LogP contribution in [0.1, 0.15) is 46.5 Å². The largest absolute Gasteiger partial charge is 0.388 e. The Morgan fingerprint density at radius 1 is 1.30 bits per heavy atom. The van der Waals surface area contributed by atoms with E-state index in [4.69, 9.17) is 0 Å². The van der Waals surface area contributed by atoms with Gasteiger partial charge in [-0.15, -0.1) is 0 Å². The van der Waals surface area contributed by atoms with Crippen LogP contribution in [0.3, 0.4) is 0 Å². The van der Waals surface area contributed by atoms with Gasteiger partial charge in [-0.2, -0.15) is 0 Å². The highest BCUT2D eigenvalue weighted by Gasteiger charge is 2.48. The molecule has 2 saturated heterocycles. The Balaban J connectivity index is 1.77. The molecule has 0 aromatic carbocycles. The number of hydrogen-bond donors (Lipinski definition) is 1. The highest BCUT2D eigenvalue weighted by Crippen LogP contribution is 2.38. The van der Waals surface area contributed by atoms with Crippen molar-refractivity contribution < 1.29 is 14.7 Å². The molecule has 2 amide bonds. The lowest BCUT2D eigenvalue weighted by Gasteiger charge is -2.30. The van der Waals surface area contributed by atoms with Gasteiger partial charge < -0.3 is 14.9 Å². The zero-order chi connectivity index (χ0) is 15.0. The predicted molar refractivity (Wildman–Crippen MR) is 76.0 cm³/mol. The average molecular weight is 282 g/mol. The summed E-state index contributed by atoms with van der Waals surface area (Å²) in [5.74, 6) is 0.296. The number of β-amino-alcohol motifs (C(OH)–C–C–N with tert-alkyl or cyclic N) is 1. The second kappa shape index (κ2) is 5.35. The van der Waals surface area contributed by atoms with Gasteiger partial charge >= 0.3 is 0 Å². The molecule has 0 radical (unpaired) electrons. The smallest absolute Gasteiger partial charge is 0.222 e. The topological polar surface area (TPSA) is 60.9 Å². The highest BCUT2D eigenvalue weighted by atomic mass is 16.3. The number of carbonyl (C=O) groups is 2. The van der Waals surface area contributed by atoms with E-state index in [-0.39, 0.29) is 17.2 Å². The van der Waals surface area contributed by atoms with E-state index >= 15 is 0 Å². The minimum Gasteiger partial charge on any atom is -0.388 e. The molecule has 5 nitrogen and oxygen atoms in total. The Kier molecular flexibility index (Phi) is 4.09. The van der Waals surface area contributed by atoms with Crippen LogP contribution in [0.2, 0.25) is 0 Å². The molecule has 5 heteroatoms. The molecule has 2 aliphatic rings. The summed E-state index contributed by atoms with van der Waals surface area (Å²) in [6.45, 7) is 8.29. The van der Waals surface area contributed by atoms with Gasteiger partial charge in [0.15, 0.2) is 0 Å². The minimum absolute atomic E-state index is 0.0856. The fraction of sp³-hybridized carbons (Fsp3) is 0.867. The summed E-state index contributed by atoms with van der Waals surface area (Å²) in [4.78, 5) is 27.3. The third-order valence-corrected chi connectivity index (χ3v) is 4.89. The van der Waals surface area contributed by atoms with E-state index in [0.29, 0.717) is 38.9 Å². The van der Waals surface area contributed by atoms with Gasteiger partial charge in [0.25, 0.3) is 0 Å². The maximum Gasteiger partial charge on any atom is 0.222 e. The van der Waals surface area contributed by atoms with Crippen LogP contribution < -0.4 is 0 Å². The van der Waals surface area contributed by atoms with Crippen molar-refractivity contribution in [2.75, 3.05) is 26.2 Å². The Morgan fingerprint density at radius 3 is 2.50 bits per heavy atom. The lowest BCUT2D eigenvalue weighted by Crippen LogP contribution is -2.40. The molecule has 0 aromatic rings. The molecule has 0 aliphatic carbocycles. The van der Waals surface area contributed by atoms with Crippen molar-refractivity contribution in [1.29, 1.82) is 0 Å². The Bertz CT molecular complexity index is 388. The van der Waals surface area contributed by atoms with Crippen LogP contribution in [0.15, 0.2) is 0 Å². The first-order valence-corrected chi connectivity index (χ1v) is 7.51. The number of amides is 2.